The Morgan fingerprint density at radius 3 is 2.08 bits per heavy atom. The van der Waals surface area contributed by atoms with Gasteiger partial charge in [0.05, 0.1) is 11.9 Å². The minimum Gasteiger partial charge on any atom is -0.324 e. The van der Waals surface area contributed by atoms with Gasteiger partial charge in [0.25, 0.3) is 0 Å². The summed E-state index contributed by atoms with van der Waals surface area (Å²) in [5, 5.41) is 2.60. The molecular formula is C27H28F2N2O4S. The number of amides is 1. The topological polar surface area (TPSA) is 83.6 Å². The fourth-order valence-corrected chi connectivity index (χ4v) is 4.87. The quantitative estimate of drug-likeness (QED) is 0.435. The first kappa shape index (κ1) is 27.0. The molecule has 0 radical (unpaired) electrons. The van der Waals surface area contributed by atoms with E-state index in [9.17, 15) is 26.8 Å². The van der Waals surface area contributed by atoms with E-state index in [2.05, 4.69) is 26.1 Å². The molecule has 0 heterocycles. The van der Waals surface area contributed by atoms with E-state index in [0.29, 0.717) is 21.5 Å². The third-order valence-electron chi connectivity index (χ3n) is 5.65. The van der Waals surface area contributed by atoms with Gasteiger partial charge >= 0.3 is 0 Å². The molecule has 0 saturated carbocycles. The minimum atomic E-state index is -4.03. The van der Waals surface area contributed by atoms with Gasteiger partial charge in [0.2, 0.25) is 15.9 Å². The Kier molecular flexibility index (Phi) is 7.64. The lowest BCUT2D eigenvalue weighted by molar-refractivity contribution is -0.116. The number of carbonyl (C=O) groups excluding carboxylic acids is 2. The summed E-state index contributed by atoms with van der Waals surface area (Å²) in [4.78, 5) is 25.9. The average Bonchev–Trinajstić information content (AvgIpc) is 2.79. The third-order valence-corrected chi connectivity index (χ3v) is 6.89. The Bertz CT molecular complexity index is 1400. The molecular weight excluding hydrogens is 486 g/mol. The van der Waals surface area contributed by atoms with Gasteiger partial charge in [-0.2, -0.15) is 0 Å². The van der Waals surface area contributed by atoms with Gasteiger partial charge < -0.3 is 5.32 Å². The third kappa shape index (κ3) is 6.15. The van der Waals surface area contributed by atoms with Crippen molar-refractivity contribution in [3.8, 4) is 0 Å². The van der Waals surface area contributed by atoms with E-state index < -0.39 is 33.6 Å². The van der Waals surface area contributed by atoms with Crippen LogP contribution in [0.2, 0.25) is 0 Å². The molecule has 1 unspecified atom stereocenters. The molecule has 1 amide bonds. The van der Waals surface area contributed by atoms with Gasteiger partial charge in [-0.1, -0.05) is 57.2 Å². The van der Waals surface area contributed by atoms with E-state index in [4.69, 9.17) is 0 Å². The van der Waals surface area contributed by atoms with Gasteiger partial charge in [-0.05, 0) is 42.2 Å². The monoisotopic (exact) mass is 514 g/mol. The van der Waals surface area contributed by atoms with Crippen LogP contribution in [0.1, 0.15) is 49.2 Å². The average molecular weight is 515 g/mol. The molecule has 0 aromatic heterocycles. The fourth-order valence-electron chi connectivity index (χ4n) is 3.70. The molecule has 0 aliphatic rings. The van der Waals surface area contributed by atoms with Crippen LogP contribution < -0.4 is 9.62 Å². The highest BCUT2D eigenvalue weighted by atomic mass is 32.2. The molecule has 0 bridgehead atoms. The van der Waals surface area contributed by atoms with Gasteiger partial charge in [-0.25, -0.2) is 17.2 Å². The Labute approximate surface area is 210 Å². The highest BCUT2D eigenvalue weighted by molar-refractivity contribution is 7.92. The highest BCUT2D eigenvalue weighted by Crippen LogP contribution is 2.25. The number of rotatable bonds is 7. The van der Waals surface area contributed by atoms with E-state index in [0.717, 1.165) is 24.0 Å². The van der Waals surface area contributed by atoms with Crippen LogP contribution in [-0.4, -0.2) is 32.4 Å². The summed E-state index contributed by atoms with van der Waals surface area (Å²) in [5.41, 5.74) is 1.95. The summed E-state index contributed by atoms with van der Waals surface area (Å²) in [6.45, 7) is 7.56. The maximum atomic E-state index is 13.8. The molecule has 0 spiro atoms. The van der Waals surface area contributed by atoms with Crippen LogP contribution in [0.5, 0.6) is 0 Å². The van der Waals surface area contributed by atoms with Crippen molar-refractivity contribution in [2.24, 2.45) is 0 Å². The Morgan fingerprint density at radius 2 is 1.53 bits per heavy atom. The first-order valence-electron chi connectivity index (χ1n) is 11.2. The molecule has 0 fully saturated rings. The van der Waals surface area contributed by atoms with Crippen molar-refractivity contribution in [3.63, 3.8) is 0 Å². The maximum absolute atomic E-state index is 13.8. The SMILES string of the molecule is CC(C(=O)Nc1cccc(C(=O)c2ccc(C(C)(C)C)cc2)c1)N(c1ccc(F)c(F)c1)S(C)(=O)=O. The highest BCUT2D eigenvalue weighted by Gasteiger charge is 2.30. The zero-order chi connectivity index (χ0) is 26.8. The number of carbonyl (C=O) groups is 2. The molecule has 3 aromatic rings. The van der Waals surface area contributed by atoms with Gasteiger partial charge in [0.1, 0.15) is 6.04 Å². The number of sulfonamides is 1. The van der Waals surface area contributed by atoms with Crippen LogP contribution in [0.4, 0.5) is 20.2 Å². The lowest BCUT2D eigenvalue weighted by Crippen LogP contribution is -2.45. The molecule has 1 N–H and O–H groups in total. The summed E-state index contributed by atoms with van der Waals surface area (Å²) in [6, 6.07) is 14.9. The Hall–Kier alpha value is -3.59. The summed E-state index contributed by atoms with van der Waals surface area (Å²) >= 11 is 0. The van der Waals surface area contributed by atoms with Gasteiger partial charge in [-0.3, -0.25) is 13.9 Å². The van der Waals surface area contributed by atoms with Crippen LogP contribution in [0, 0.1) is 11.6 Å². The standard InChI is InChI=1S/C27H28F2N2O4S/c1-17(31(36(5,34)35)22-13-14-23(28)24(29)16-22)26(33)30-21-8-6-7-19(15-21)25(32)18-9-11-20(12-10-18)27(2,3)4/h6-17H,1-5H3,(H,30,33). The summed E-state index contributed by atoms with van der Waals surface area (Å²) < 4.78 is 52.6. The van der Waals surface area contributed by atoms with Crippen LogP contribution in [-0.2, 0) is 20.2 Å². The van der Waals surface area contributed by atoms with E-state index in [1.807, 2.05) is 12.1 Å². The van der Waals surface area contributed by atoms with Crippen molar-refractivity contribution in [1.29, 1.82) is 0 Å². The van der Waals surface area contributed by atoms with Crippen molar-refractivity contribution >= 4 is 33.1 Å². The van der Waals surface area contributed by atoms with Crippen LogP contribution in [0.3, 0.4) is 0 Å². The number of ketones is 1. The molecule has 6 nitrogen and oxygen atoms in total. The summed E-state index contributed by atoms with van der Waals surface area (Å²) in [7, 11) is -4.03. The Morgan fingerprint density at radius 1 is 0.889 bits per heavy atom. The zero-order valence-electron chi connectivity index (χ0n) is 20.7. The van der Waals surface area contributed by atoms with Gasteiger partial charge in [0, 0.05) is 22.9 Å². The molecule has 1 atom stereocenters. The van der Waals surface area contributed by atoms with Crippen molar-refractivity contribution in [3.05, 3.63) is 95.1 Å². The fraction of sp³-hybridized carbons (Fsp3) is 0.259. The molecule has 9 heteroatoms. The van der Waals surface area contributed by atoms with Gasteiger partial charge in [-0.15, -0.1) is 0 Å². The second-order valence-corrected chi connectivity index (χ2v) is 11.4. The largest absolute Gasteiger partial charge is 0.324 e. The first-order chi connectivity index (χ1) is 16.7. The van der Waals surface area contributed by atoms with E-state index in [1.165, 1.54) is 13.0 Å². The van der Waals surface area contributed by atoms with Gasteiger partial charge in [0.15, 0.2) is 17.4 Å². The number of hydrogen-bond donors (Lipinski definition) is 1. The predicted octanol–water partition coefficient (Wildman–Crippen LogP) is 5.29. The number of halogens is 2. The van der Waals surface area contributed by atoms with Crippen molar-refractivity contribution in [2.45, 2.75) is 39.2 Å². The minimum absolute atomic E-state index is 0.0536. The Balaban J connectivity index is 1.83. The lowest BCUT2D eigenvalue weighted by Gasteiger charge is -2.28. The molecule has 190 valence electrons. The number of hydrogen-bond acceptors (Lipinski definition) is 4. The van der Waals surface area contributed by atoms with Crippen molar-refractivity contribution < 1.29 is 26.8 Å². The predicted molar refractivity (Wildman–Crippen MR) is 137 cm³/mol. The second kappa shape index (κ2) is 10.2. The normalized spacial score (nSPS) is 12.6. The van der Waals surface area contributed by atoms with E-state index in [1.54, 1.807) is 30.3 Å². The smallest absolute Gasteiger partial charge is 0.247 e. The molecule has 0 aliphatic carbocycles. The lowest BCUT2D eigenvalue weighted by atomic mass is 9.86. The van der Waals surface area contributed by atoms with Crippen molar-refractivity contribution in [2.75, 3.05) is 15.9 Å². The zero-order valence-corrected chi connectivity index (χ0v) is 21.5. The second-order valence-electron chi connectivity index (χ2n) is 9.56. The molecule has 0 saturated heterocycles. The van der Waals surface area contributed by atoms with Crippen LogP contribution >= 0.6 is 0 Å². The van der Waals surface area contributed by atoms with E-state index in [-0.39, 0.29) is 22.6 Å². The van der Waals surface area contributed by atoms with Crippen LogP contribution in [0.25, 0.3) is 0 Å². The van der Waals surface area contributed by atoms with Crippen LogP contribution in [0.15, 0.2) is 66.7 Å². The first-order valence-corrected chi connectivity index (χ1v) is 13.0. The number of nitrogens with one attached hydrogen (secondary N) is 1. The number of anilines is 2. The summed E-state index contributed by atoms with van der Waals surface area (Å²) in [5.74, 6) is -3.34. The van der Waals surface area contributed by atoms with Crippen molar-refractivity contribution in [1.82, 2.24) is 0 Å². The molecule has 3 aromatic carbocycles. The van der Waals surface area contributed by atoms with E-state index >= 15 is 0 Å². The number of nitrogens with zero attached hydrogens (tertiary/aromatic N) is 1. The summed E-state index contributed by atoms with van der Waals surface area (Å²) in [6.07, 6.45) is 0.863. The number of benzene rings is 3. The molecule has 3 rings (SSSR count). The molecule has 0 aliphatic heterocycles. The molecule has 36 heavy (non-hydrogen) atoms. The maximum Gasteiger partial charge on any atom is 0.247 e.